The summed E-state index contributed by atoms with van der Waals surface area (Å²) in [5.41, 5.74) is 6.67. The highest BCUT2D eigenvalue weighted by molar-refractivity contribution is 5.85. The molecule has 3 N–H and O–H groups in total. The Balaban J connectivity index is 1.90. The van der Waals surface area contributed by atoms with E-state index < -0.39 is 0 Å². The van der Waals surface area contributed by atoms with E-state index in [-0.39, 0.29) is 0 Å². The van der Waals surface area contributed by atoms with Crippen molar-refractivity contribution in [3.63, 3.8) is 0 Å². The van der Waals surface area contributed by atoms with E-state index in [1.165, 1.54) is 29.3 Å². The van der Waals surface area contributed by atoms with Crippen molar-refractivity contribution in [3.8, 4) is 0 Å². The number of rotatable bonds is 6. The lowest BCUT2D eigenvalue weighted by Crippen LogP contribution is -2.03. The molecule has 2 aromatic rings. The minimum atomic E-state index is 0.802. The van der Waals surface area contributed by atoms with Crippen LogP contribution in [0.5, 0.6) is 0 Å². The van der Waals surface area contributed by atoms with Crippen molar-refractivity contribution in [2.75, 3.05) is 18.4 Å². The van der Waals surface area contributed by atoms with E-state index in [0.29, 0.717) is 0 Å². The largest absolute Gasteiger partial charge is 0.385 e. The molecule has 0 spiro atoms. The van der Waals surface area contributed by atoms with E-state index in [9.17, 15) is 0 Å². The summed E-state index contributed by atoms with van der Waals surface area (Å²) in [4.78, 5) is 0. The number of anilines is 1. The van der Waals surface area contributed by atoms with Crippen molar-refractivity contribution < 1.29 is 0 Å². The molecule has 2 heteroatoms. The van der Waals surface area contributed by atoms with Crippen LogP contribution in [0.2, 0.25) is 0 Å². The molecule has 0 bridgehead atoms. The fourth-order valence-electron chi connectivity index (χ4n) is 1.98. The first-order valence-electron chi connectivity index (χ1n) is 6.33. The van der Waals surface area contributed by atoms with Crippen LogP contribution in [0.3, 0.4) is 0 Å². The third-order valence-corrected chi connectivity index (χ3v) is 2.96. The summed E-state index contributed by atoms with van der Waals surface area (Å²) in [6.07, 6.45) is 3.51. The molecule has 0 aliphatic heterocycles. The van der Waals surface area contributed by atoms with E-state index in [4.69, 9.17) is 5.73 Å². The van der Waals surface area contributed by atoms with Gasteiger partial charge in [-0.3, -0.25) is 0 Å². The second-order valence-corrected chi connectivity index (χ2v) is 4.34. The highest BCUT2D eigenvalue weighted by Crippen LogP contribution is 2.18. The van der Waals surface area contributed by atoms with Crippen LogP contribution < -0.4 is 11.1 Å². The van der Waals surface area contributed by atoms with E-state index in [1.807, 2.05) is 0 Å². The zero-order valence-corrected chi connectivity index (χ0v) is 10.2. The molecule has 0 saturated heterocycles. The second kappa shape index (κ2) is 6.26. The minimum absolute atomic E-state index is 0.802. The Kier molecular flexibility index (Phi) is 4.39. The minimum Gasteiger partial charge on any atom is -0.385 e. The molecule has 0 aromatic heterocycles. The van der Waals surface area contributed by atoms with Crippen LogP contribution in [0.15, 0.2) is 42.5 Å². The fraction of sp³-hybridized carbons (Fsp3) is 0.333. The molecule has 0 amide bonds. The number of hydrogen-bond acceptors (Lipinski definition) is 2. The van der Waals surface area contributed by atoms with E-state index >= 15 is 0 Å². The second-order valence-electron chi connectivity index (χ2n) is 4.34. The van der Waals surface area contributed by atoms with Crippen LogP contribution in [-0.4, -0.2) is 13.1 Å². The predicted molar refractivity (Wildman–Crippen MR) is 75.3 cm³/mol. The number of unbranched alkanes of at least 4 members (excludes halogenated alkanes) is 2. The van der Waals surface area contributed by atoms with Crippen LogP contribution in [0.4, 0.5) is 5.69 Å². The molecule has 0 aliphatic rings. The summed E-state index contributed by atoms with van der Waals surface area (Å²) in [5.74, 6) is 0. The van der Waals surface area contributed by atoms with Gasteiger partial charge in [-0.2, -0.15) is 0 Å². The first-order chi connectivity index (χ1) is 8.40. The smallest absolute Gasteiger partial charge is 0.0346 e. The molecule has 17 heavy (non-hydrogen) atoms. The topological polar surface area (TPSA) is 38.0 Å². The number of nitrogens with one attached hydrogen (secondary N) is 1. The standard InChI is InChI=1S/C15H20N2/c16-10-4-1-5-11-17-15-9-8-13-6-2-3-7-14(13)12-15/h2-3,6-9,12,17H,1,4-5,10-11,16H2. The molecule has 0 fully saturated rings. The maximum atomic E-state index is 5.46. The molecule has 0 atom stereocenters. The summed E-state index contributed by atoms with van der Waals surface area (Å²) in [6, 6.07) is 15.0. The summed E-state index contributed by atoms with van der Waals surface area (Å²) < 4.78 is 0. The van der Waals surface area contributed by atoms with Gasteiger partial charge in [0, 0.05) is 12.2 Å². The van der Waals surface area contributed by atoms with Crippen LogP contribution in [0, 0.1) is 0 Å². The molecule has 2 rings (SSSR count). The molecule has 0 saturated carbocycles. The van der Waals surface area contributed by atoms with Crippen molar-refractivity contribution in [3.05, 3.63) is 42.5 Å². The molecule has 0 aliphatic carbocycles. The van der Waals surface area contributed by atoms with Gasteiger partial charge in [0.05, 0.1) is 0 Å². The van der Waals surface area contributed by atoms with Gasteiger partial charge in [-0.1, -0.05) is 36.8 Å². The van der Waals surface area contributed by atoms with Gasteiger partial charge in [-0.25, -0.2) is 0 Å². The lowest BCUT2D eigenvalue weighted by Gasteiger charge is -2.07. The Hall–Kier alpha value is -1.54. The summed E-state index contributed by atoms with van der Waals surface area (Å²) in [7, 11) is 0. The van der Waals surface area contributed by atoms with E-state index in [1.54, 1.807) is 0 Å². The van der Waals surface area contributed by atoms with Gasteiger partial charge in [0.15, 0.2) is 0 Å². The first-order valence-corrected chi connectivity index (χ1v) is 6.33. The number of nitrogens with two attached hydrogens (primary N) is 1. The number of fused-ring (bicyclic) bond motifs is 1. The highest BCUT2D eigenvalue weighted by atomic mass is 14.9. The molecule has 0 unspecified atom stereocenters. The number of hydrogen-bond donors (Lipinski definition) is 2. The van der Waals surface area contributed by atoms with Gasteiger partial charge >= 0.3 is 0 Å². The third-order valence-electron chi connectivity index (χ3n) is 2.96. The summed E-state index contributed by atoms with van der Waals surface area (Å²) in [5, 5.41) is 6.04. The molecular formula is C15H20N2. The first kappa shape index (κ1) is 11.9. The van der Waals surface area contributed by atoms with Crippen molar-refractivity contribution in [1.82, 2.24) is 0 Å². The van der Waals surface area contributed by atoms with Crippen molar-refractivity contribution in [2.24, 2.45) is 5.73 Å². The summed E-state index contributed by atoms with van der Waals surface area (Å²) in [6.45, 7) is 1.83. The maximum absolute atomic E-state index is 5.46. The zero-order chi connectivity index (χ0) is 11.9. The van der Waals surface area contributed by atoms with Crippen molar-refractivity contribution in [2.45, 2.75) is 19.3 Å². The average molecular weight is 228 g/mol. The maximum Gasteiger partial charge on any atom is 0.0346 e. The van der Waals surface area contributed by atoms with Gasteiger partial charge < -0.3 is 11.1 Å². The van der Waals surface area contributed by atoms with Gasteiger partial charge in [0.2, 0.25) is 0 Å². The third kappa shape index (κ3) is 3.46. The fourth-order valence-corrected chi connectivity index (χ4v) is 1.98. The Morgan fingerprint density at radius 2 is 1.71 bits per heavy atom. The number of benzene rings is 2. The van der Waals surface area contributed by atoms with Gasteiger partial charge in [0.1, 0.15) is 0 Å². The molecule has 0 radical (unpaired) electrons. The van der Waals surface area contributed by atoms with Crippen LogP contribution in [0.25, 0.3) is 10.8 Å². The lowest BCUT2D eigenvalue weighted by molar-refractivity contribution is 0.707. The molecular weight excluding hydrogens is 208 g/mol. The molecule has 2 nitrogen and oxygen atoms in total. The van der Waals surface area contributed by atoms with E-state index in [2.05, 4.69) is 47.8 Å². The summed E-state index contributed by atoms with van der Waals surface area (Å²) >= 11 is 0. The average Bonchev–Trinajstić information content (AvgIpc) is 2.38. The Labute approximate surface area is 103 Å². The van der Waals surface area contributed by atoms with Crippen LogP contribution >= 0.6 is 0 Å². The Morgan fingerprint density at radius 3 is 2.53 bits per heavy atom. The highest BCUT2D eigenvalue weighted by Gasteiger charge is 1.95. The van der Waals surface area contributed by atoms with Gasteiger partial charge in [-0.15, -0.1) is 0 Å². The van der Waals surface area contributed by atoms with Crippen molar-refractivity contribution >= 4 is 16.5 Å². The van der Waals surface area contributed by atoms with Crippen molar-refractivity contribution in [1.29, 1.82) is 0 Å². The molecule has 90 valence electrons. The molecule has 2 aromatic carbocycles. The van der Waals surface area contributed by atoms with Gasteiger partial charge in [-0.05, 0) is 42.3 Å². The predicted octanol–water partition coefficient (Wildman–Crippen LogP) is 3.38. The Morgan fingerprint density at radius 1 is 0.882 bits per heavy atom. The Bertz CT molecular complexity index is 465. The normalized spacial score (nSPS) is 10.6. The van der Waals surface area contributed by atoms with Gasteiger partial charge in [0.25, 0.3) is 0 Å². The molecule has 0 heterocycles. The quantitative estimate of drug-likeness (QED) is 0.744. The van der Waals surface area contributed by atoms with Crippen LogP contribution in [0.1, 0.15) is 19.3 Å². The van der Waals surface area contributed by atoms with Crippen LogP contribution in [-0.2, 0) is 0 Å². The lowest BCUT2D eigenvalue weighted by atomic mass is 10.1. The zero-order valence-electron chi connectivity index (χ0n) is 10.2. The SMILES string of the molecule is NCCCCCNc1ccc2ccccc2c1. The monoisotopic (exact) mass is 228 g/mol. The van der Waals surface area contributed by atoms with E-state index in [0.717, 1.165) is 19.5 Å².